The predicted molar refractivity (Wildman–Crippen MR) is 104 cm³/mol. The van der Waals surface area contributed by atoms with Gasteiger partial charge in [0.2, 0.25) is 0 Å². The van der Waals surface area contributed by atoms with Crippen LogP contribution < -0.4 is 5.53 Å². The van der Waals surface area contributed by atoms with Crippen molar-refractivity contribution in [2.45, 2.75) is 17.7 Å². The number of halogens is 7. The normalized spacial score (nSPS) is 16.7. The molecule has 0 bridgehead atoms. The first-order valence-electron chi connectivity index (χ1n) is 9.63. The summed E-state index contributed by atoms with van der Waals surface area (Å²) < 4.78 is 99.5. The van der Waals surface area contributed by atoms with E-state index in [0.717, 1.165) is 23.3 Å². The fourth-order valence-corrected chi connectivity index (χ4v) is 3.10. The lowest BCUT2D eigenvalue weighted by Gasteiger charge is -2.38. The summed E-state index contributed by atoms with van der Waals surface area (Å²) in [5, 5.41) is 19.0. The number of rotatable bonds is 9. The maximum atomic E-state index is 15.6. The molecule has 0 spiro atoms. The molecule has 1 unspecified atom stereocenters. The lowest BCUT2D eigenvalue weighted by molar-refractivity contribution is -0.210. The van der Waals surface area contributed by atoms with Crippen LogP contribution in [0.2, 0.25) is 0 Å². The first-order chi connectivity index (χ1) is 15.9. The van der Waals surface area contributed by atoms with Gasteiger partial charge in [-0.3, -0.25) is 4.98 Å². The van der Waals surface area contributed by atoms with Gasteiger partial charge in [0.15, 0.2) is 5.60 Å². The molecule has 0 radical (unpaired) electrons. The van der Waals surface area contributed by atoms with Crippen molar-refractivity contribution >= 4 is 6.08 Å². The Morgan fingerprint density at radius 1 is 1.12 bits per heavy atom. The Hall–Kier alpha value is -3.10. The maximum absolute atomic E-state index is 15.6. The van der Waals surface area contributed by atoms with Gasteiger partial charge in [-0.2, -0.15) is 32.1 Å². The molecule has 3 rings (SSSR count). The molecule has 0 saturated carbocycles. The van der Waals surface area contributed by atoms with Crippen molar-refractivity contribution in [3.05, 3.63) is 71.1 Å². The number of nitrogens with zero attached hydrogens (tertiary/aromatic N) is 4. The van der Waals surface area contributed by atoms with E-state index >= 15 is 8.78 Å². The third-order valence-electron chi connectivity index (χ3n) is 4.70. The topological polar surface area (TPSA) is 82.3 Å². The number of benzene rings is 1. The molecule has 1 atom stereocenters. The lowest BCUT2D eigenvalue weighted by Crippen LogP contribution is -2.53. The molecule has 1 aromatic heterocycles. The van der Waals surface area contributed by atoms with E-state index in [1.807, 2.05) is 0 Å². The monoisotopic (exact) mass is 493 g/mol. The van der Waals surface area contributed by atoms with Crippen molar-refractivity contribution in [2.24, 2.45) is 10.3 Å². The van der Waals surface area contributed by atoms with E-state index in [1.54, 1.807) is 0 Å². The highest BCUT2D eigenvalue weighted by Crippen LogP contribution is 2.46. The molecule has 1 aliphatic rings. The fraction of sp³-hybridized carbons (Fsp3) is 0.350. The largest absolute Gasteiger partial charge is 0.411 e. The molecule has 0 saturated heterocycles. The summed E-state index contributed by atoms with van der Waals surface area (Å²) in [6.45, 7) is -2.92. The minimum absolute atomic E-state index is 0.214. The molecule has 7 nitrogen and oxygen atoms in total. The highest BCUT2D eigenvalue weighted by Gasteiger charge is 2.58. The SMILES string of the molecule is OC(CN1CN=NN1)(c1ccc(F)cc1F)C(F)(F)c1ccc(C=CCOCC(F)(F)F)cn1. The molecule has 2 N–H and O–H groups in total. The van der Waals surface area contributed by atoms with Crippen molar-refractivity contribution in [2.75, 3.05) is 26.4 Å². The van der Waals surface area contributed by atoms with Crippen molar-refractivity contribution in [1.82, 2.24) is 15.5 Å². The average molecular weight is 493 g/mol. The maximum Gasteiger partial charge on any atom is 0.411 e. The number of nitrogens with one attached hydrogen (secondary N) is 1. The van der Waals surface area contributed by atoms with Gasteiger partial charge in [0.05, 0.1) is 13.2 Å². The van der Waals surface area contributed by atoms with Crippen molar-refractivity contribution in [1.29, 1.82) is 0 Å². The van der Waals surface area contributed by atoms with Crippen molar-refractivity contribution < 1.29 is 40.6 Å². The fourth-order valence-electron chi connectivity index (χ4n) is 3.10. The molecule has 34 heavy (non-hydrogen) atoms. The number of aliphatic hydroxyl groups is 1. The first-order valence-corrected chi connectivity index (χ1v) is 9.63. The molecular weight excluding hydrogens is 475 g/mol. The third kappa shape index (κ3) is 5.87. The van der Waals surface area contributed by atoms with Gasteiger partial charge in [0.1, 0.15) is 30.6 Å². The molecule has 2 heterocycles. The lowest BCUT2D eigenvalue weighted by atomic mass is 9.84. The van der Waals surface area contributed by atoms with E-state index in [9.17, 15) is 27.1 Å². The van der Waals surface area contributed by atoms with Crippen LogP contribution in [-0.2, 0) is 16.3 Å². The number of hydrogen-bond acceptors (Lipinski definition) is 7. The van der Waals surface area contributed by atoms with Crippen LogP contribution >= 0.6 is 0 Å². The van der Waals surface area contributed by atoms with Gasteiger partial charge in [-0.1, -0.05) is 29.5 Å². The Morgan fingerprint density at radius 3 is 2.47 bits per heavy atom. The third-order valence-corrected chi connectivity index (χ3v) is 4.70. The van der Waals surface area contributed by atoms with E-state index in [0.29, 0.717) is 12.1 Å². The highest BCUT2D eigenvalue weighted by atomic mass is 19.4. The molecule has 1 aliphatic heterocycles. The minimum Gasteiger partial charge on any atom is -0.377 e. The Labute approximate surface area is 188 Å². The molecule has 0 amide bonds. The molecule has 14 heteroatoms. The summed E-state index contributed by atoms with van der Waals surface area (Å²) in [4.78, 5) is 3.64. The van der Waals surface area contributed by atoms with E-state index < -0.39 is 53.7 Å². The summed E-state index contributed by atoms with van der Waals surface area (Å²) in [5.41, 5.74) is -2.49. The molecule has 0 aliphatic carbocycles. The number of β-amino-alcohol motifs (C(OH)–C–C–N with tert-alkyl or cyclic N) is 1. The van der Waals surface area contributed by atoms with Gasteiger partial charge < -0.3 is 9.84 Å². The van der Waals surface area contributed by atoms with Gasteiger partial charge in [0.25, 0.3) is 0 Å². The van der Waals surface area contributed by atoms with Crippen LogP contribution in [0.4, 0.5) is 30.7 Å². The van der Waals surface area contributed by atoms with Gasteiger partial charge in [-0.15, -0.1) is 0 Å². The molecule has 2 aromatic rings. The van der Waals surface area contributed by atoms with Gasteiger partial charge >= 0.3 is 12.1 Å². The Balaban J connectivity index is 1.84. The average Bonchev–Trinajstić information content (AvgIpc) is 3.25. The number of ether oxygens (including phenoxy) is 1. The van der Waals surface area contributed by atoms with Gasteiger partial charge in [0, 0.05) is 17.8 Å². The first kappa shape index (κ1) is 25.5. The van der Waals surface area contributed by atoms with Crippen molar-refractivity contribution in [3.8, 4) is 0 Å². The van der Waals surface area contributed by atoms with E-state index in [4.69, 9.17) is 0 Å². The predicted octanol–water partition coefficient (Wildman–Crippen LogP) is 4.08. The van der Waals surface area contributed by atoms with Gasteiger partial charge in [-0.25, -0.2) is 14.3 Å². The van der Waals surface area contributed by atoms with E-state index in [1.165, 1.54) is 18.2 Å². The zero-order chi connectivity index (χ0) is 25.0. The summed E-state index contributed by atoms with van der Waals surface area (Å²) in [7, 11) is 0. The van der Waals surface area contributed by atoms with Crippen LogP contribution in [0, 0.1) is 11.6 Å². The zero-order valence-corrected chi connectivity index (χ0v) is 17.2. The summed E-state index contributed by atoms with van der Waals surface area (Å²) in [5.74, 6) is -6.60. The van der Waals surface area contributed by atoms with Gasteiger partial charge in [-0.05, 0) is 17.7 Å². The minimum atomic E-state index is -4.48. The Morgan fingerprint density at radius 2 is 1.88 bits per heavy atom. The second kappa shape index (κ2) is 10.0. The summed E-state index contributed by atoms with van der Waals surface area (Å²) in [6.07, 6.45) is -0.953. The second-order valence-corrected chi connectivity index (χ2v) is 7.25. The van der Waals surface area contributed by atoms with Crippen LogP contribution in [0.15, 0.2) is 52.9 Å². The van der Waals surface area contributed by atoms with E-state index in [2.05, 4.69) is 25.6 Å². The van der Waals surface area contributed by atoms with Crippen LogP contribution in [0.1, 0.15) is 16.8 Å². The molecule has 184 valence electrons. The number of hydrogen-bond donors (Lipinski definition) is 2. The molecular formula is C20H18F7N5O2. The molecule has 0 fully saturated rings. The number of hydrazine groups is 1. The summed E-state index contributed by atoms with van der Waals surface area (Å²) >= 11 is 0. The summed E-state index contributed by atoms with van der Waals surface area (Å²) in [6, 6.07) is 3.85. The highest BCUT2D eigenvalue weighted by molar-refractivity contribution is 5.48. The Bertz CT molecular complexity index is 1040. The zero-order valence-electron chi connectivity index (χ0n) is 17.2. The number of alkyl halides is 5. The van der Waals surface area contributed by atoms with Crippen LogP contribution in [0.5, 0.6) is 0 Å². The second-order valence-electron chi connectivity index (χ2n) is 7.25. The smallest absolute Gasteiger partial charge is 0.377 e. The number of aromatic nitrogens is 1. The van der Waals surface area contributed by atoms with E-state index in [-0.39, 0.29) is 18.8 Å². The Kier molecular flexibility index (Phi) is 7.53. The molecule has 1 aromatic carbocycles. The number of pyridine rings is 1. The van der Waals surface area contributed by atoms with Crippen LogP contribution in [0.3, 0.4) is 0 Å². The van der Waals surface area contributed by atoms with Crippen LogP contribution in [0.25, 0.3) is 6.08 Å². The van der Waals surface area contributed by atoms with Crippen LogP contribution in [-0.4, -0.2) is 47.7 Å². The van der Waals surface area contributed by atoms with Crippen molar-refractivity contribution in [3.63, 3.8) is 0 Å². The standard InChI is InChI=1S/C20H18F7N5O2/c21-14-4-5-15(16(22)8-14)18(33,10-32-12-29-30-31-32)20(26,27)17-6-3-13(9-28-17)2-1-7-34-11-19(23,24)25/h1-6,8-9,33H,7,10-12H2,(H,29,31). The quantitative estimate of drug-likeness (QED) is 0.407.